The summed E-state index contributed by atoms with van der Waals surface area (Å²) in [5.74, 6) is 0.466. The number of hydrogen-bond acceptors (Lipinski definition) is 6. The zero-order chi connectivity index (χ0) is 17.2. The van der Waals surface area contributed by atoms with Crippen LogP contribution in [0, 0.1) is 6.92 Å². The first kappa shape index (κ1) is 17.0. The summed E-state index contributed by atoms with van der Waals surface area (Å²) in [7, 11) is -0.961. The first-order valence-electron chi connectivity index (χ1n) is 6.61. The number of nitrogens with zero attached hydrogens (tertiary/aromatic N) is 2. The average molecular weight is 339 g/mol. The van der Waals surface area contributed by atoms with E-state index < -0.39 is 15.9 Å². The van der Waals surface area contributed by atoms with Gasteiger partial charge in [0.25, 0.3) is 5.91 Å². The standard InChI is InChI=1S/C14H17N3O5S/c1-9-6-10(16-22-9)8-17(2)14(18)12-7-11(23(15,19)20)4-5-13(12)21-3/h4-7H,8H2,1-3H3,(H2,15,19,20). The Balaban J connectivity index is 2.33. The molecular weight excluding hydrogens is 322 g/mol. The van der Waals surface area contributed by atoms with Crippen molar-refractivity contribution in [1.82, 2.24) is 10.1 Å². The Labute approximate surface area is 133 Å². The number of hydrogen-bond donors (Lipinski definition) is 1. The van der Waals surface area contributed by atoms with Crippen molar-refractivity contribution in [3.63, 3.8) is 0 Å². The van der Waals surface area contributed by atoms with E-state index >= 15 is 0 Å². The van der Waals surface area contributed by atoms with Gasteiger partial charge >= 0.3 is 0 Å². The topological polar surface area (TPSA) is 116 Å². The molecule has 0 saturated carbocycles. The number of carbonyl (C=O) groups is 1. The minimum Gasteiger partial charge on any atom is -0.496 e. The van der Waals surface area contributed by atoms with E-state index in [2.05, 4.69) is 5.16 Å². The van der Waals surface area contributed by atoms with Crippen molar-refractivity contribution in [2.45, 2.75) is 18.4 Å². The maximum Gasteiger partial charge on any atom is 0.257 e. The van der Waals surface area contributed by atoms with Gasteiger partial charge in [0.15, 0.2) is 0 Å². The molecule has 9 heteroatoms. The van der Waals surface area contributed by atoms with Crippen LogP contribution in [0.1, 0.15) is 21.8 Å². The lowest BCUT2D eigenvalue weighted by Crippen LogP contribution is -2.27. The third-order valence-electron chi connectivity index (χ3n) is 3.15. The predicted octanol–water partition coefficient (Wildman–Crippen LogP) is 0.911. The highest BCUT2D eigenvalue weighted by Gasteiger charge is 2.21. The van der Waals surface area contributed by atoms with Crippen LogP contribution in [0.25, 0.3) is 0 Å². The fourth-order valence-corrected chi connectivity index (χ4v) is 2.58. The highest BCUT2D eigenvalue weighted by Crippen LogP contribution is 2.23. The molecule has 8 nitrogen and oxygen atoms in total. The minimum atomic E-state index is -3.92. The fourth-order valence-electron chi connectivity index (χ4n) is 2.04. The molecule has 1 amide bonds. The summed E-state index contributed by atoms with van der Waals surface area (Å²) in [5.41, 5.74) is 0.682. The van der Waals surface area contributed by atoms with Crippen molar-refractivity contribution in [3.8, 4) is 5.75 Å². The van der Waals surface area contributed by atoms with Crippen LogP contribution in [0.2, 0.25) is 0 Å². The third-order valence-corrected chi connectivity index (χ3v) is 4.06. The molecule has 0 saturated heterocycles. The molecule has 2 aromatic rings. The number of primary sulfonamides is 1. The van der Waals surface area contributed by atoms with Crippen LogP contribution in [0.15, 0.2) is 33.7 Å². The Morgan fingerprint density at radius 1 is 1.39 bits per heavy atom. The van der Waals surface area contributed by atoms with Crippen molar-refractivity contribution >= 4 is 15.9 Å². The molecule has 0 aliphatic carbocycles. The van der Waals surface area contributed by atoms with Crippen LogP contribution in [-0.2, 0) is 16.6 Å². The van der Waals surface area contributed by atoms with E-state index in [9.17, 15) is 13.2 Å². The number of sulfonamides is 1. The minimum absolute atomic E-state index is 0.0988. The summed E-state index contributed by atoms with van der Waals surface area (Å²) >= 11 is 0. The van der Waals surface area contributed by atoms with Crippen molar-refractivity contribution in [1.29, 1.82) is 0 Å². The fraction of sp³-hybridized carbons (Fsp3) is 0.286. The summed E-state index contributed by atoms with van der Waals surface area (Å²) in [5, 5.41) is 8.92. The zero-order valence-electron chi connectivity index (χ0n) is 12.9. The molecule has 0 atom stereocenters. The van der Waals surface area contributed by atoms with Gasteiger partial charge in [0.05, 0.1) is 24.1 Å². The van der Waals surface area contributed by atoms with Crippen molar-refractivity contribution in [2.75, 3.05) is 14.2 Å². The SMILES string of the molecule is COc1ccc(S(N)(=O)=O)cc1C(=O)N(C)Cc1cc(C)on1. The first-order chi connectivity index (χ1) is 10.7. The van der Waals surface area contributed by atoms with Gasteiger partial charge in [-0.3, -0.25) is 4.79 Å². The van der Waals surface area contributed by atoms with Crippen LogP contribution in [0.5, 0.6) is 5.75 Å². The van der Waals surface area contributed by atoms with Gasteiger partial charge in [-0.15, -0.1) is 0 Å². The lowest BCUT2D eigenvalue weighted by atomic mass is 10.1. The number of aromatic nitrogens is 1. The molecule has 2 rings (SSSR count). The summed E-state index contributed by atoms with van der Waals surface area (Å²) in [6, 6.07) is 5.58. The number of carbonyl (C=O) groups excluding carboxylic acids is 1. The quantitative estimate of drug-likeness (QED) is 0.865. The van der Waals surface area contributed by atoms with Crippen molar-refractivity contribution < 1.29 is 22.5 Å². The van der Waals surface area contributed by atoms with Gasteiger partial charge in [-0.2, -0.15) is 0 Å². The second kappa shape index (κ2) is 6.39. The van der Waals surface area contributed by atoms with E-state index in [1.807, 2.05) is 0 Å². The van der Waals surface area contributed by atoms with Gasteiger partial charge in [-0.05, 0) is 25.1 Å². The highest BCUT2D eigenvalue weighted by molar-refractivity contribution is 7.89. The van der Waals surface area contributed by atoms with E-state index in [4.69, 9.17) is 14.4 Å². The van der Waals surface area contributed by atoms with Crippen molar-refractivity contribution in [3.05, 3.63) is 41.3 Å². The van der Waals surface area contributed by atoms with Crippen LogP contribution in [0.4, 0.5) is 0 Å². The number of aryl methyl sites for hydroxylation is 1. The van der Waals surface area contributed by atoms with E-state index in [1.165, 1.54) is 30.2 Å². The van der Waals surface area contributed by atoms with Gasteiger partial charge < -0.3 is 14.2 Å². The number of nitrogens with two attached hydrogens (primary N) is 1. The molecule has 1 aromatic carbocycles. The van der Waals surface area contributed by atoms with Crippen molar-refractivity contribution in [2.24, 2.45) is 5.14 Å². The molecule has 1 heterocycles. The Morgan fingerprint density at radius 2 is 2.09 bits per heavy atom. The van der Waals surface area contributed by atoms with Crippen LogP contribution >= 0.6 is 0 Å². The summed E-state index contributed by atoms with van der Waals surface area (Å²) in [4.78, 5) is 13.8. The predicted molar refractivity (Wildman–Crippen MR) is 81.4 cm³/mol. The number of benzene rings is 1. The van der Waals surface area contributed by atoms with Crippen LogP contribution in [0.3, 0.4) is 0 Å². The van der Waals surface area contributed by atoms with E-state index in [1.54, 1.807) is 20.0 Å². The Bertz CT molecular complexity index is 829. The average Bonchev–Trinajstić information content (AvgIpc) is 2.89. The second-order valence-corrected chi connectivity index (χ2v) is 6.56. The summed E-state index contributed by atoms with van der Waals surface area (Å²) in [6.45, 7) is 1.95. The molecule has 23 heavy (non-hydrogen) atoms. The lowest BCUT2D eigenvalue weighted by Gasteiger charge is -2.18. The van der Waals surface area contributed by atoms with E-state index in [-0.39, 0.29) is 22.8 Å². The van der Waals surface area contributed by atoms with Gasteiger partial charge in [0.2, 0.25) is 10.0 Å². The molecule has 0 radical (unpaired) electrons. The zero-order valence-corrected chi connectivity index (χ0v) is 13.8. The number of rotatable bonds is 5. The summed E-state index contributed by atoms with van der Waals surface area (Å²) in [6.07, 6.45) is 0. The molecule has 0 aliphatic heterocycles. The molecule has 124 valence electrons. The molecule has 0 unspecified atom stereocenters. The molecule has 0 bridgehead atoms. The smallest absolute Gasteiger partial charge is 0.257 e. The molecule has 0 spiro atoms. The normalized spacial score (nSPS) is 11.3. The lowest BCUT2D eigenvalue weighted by molar-refractivity contribution is 0.0778. The Kier molecular flexibility index (Phi) is 4.71. The highest BCUT2D eigenvalue weighted by atomic mass is 32.2. The van der Waals surface area contributed by atoms with Gasteiger partial charge in [0.1, 0.15) is 17.2 Å². The summed E-state index contributed by atoms with van der Waals surface area (Å²) < 4.78 is 33.0. The molecule has 0 fully saturated rings. The van der Waals surface area contributed by atoms with Gasteiger partial charge in [0, 0.05) is 13.1 Å². The van der Waals surface area contributed by atoms with E-state index in [0.29, 0.717) is 11.5 Å². The Morgan fingerprint density at radius 3 is 2.61 bits per heavy atom. The second-order valence-electron chi connectivity index (χ2n) is 5.00. The number of methoxy groups -OCH3 is 1. The van der Waals surface area contributed by atoms with Gasteiger partial charge in [-0.25, -0.2) is 13.6 Å². The first-order valence-corrected chi connectivity index (χ1v) is 8.15. The number of amides is 1. The maximum atomic E-state index is 12.6. The monoisotopic (exact) mass is 339 g/mol. The maximum absolute atomic E-state index is 12.6. The molecule has 1 aromatic heterocycles. The van der Waals surface area contributed by atoms with Crippen LogP contribution < -0.4 is 9.88 Å². The third kappa shape index (κ3) is 3.88. The molecule has 0 aliphatic rings. The van der Waals surface area contributed by atoms with E-state index in [0.717, 1.165) is 0 Å². The van der Waals surface area contributed by atoms with Gasteiger partial charge in [-0.1, -0.05) is 5.16 Å². The Hall–Kier alpha value is -2.39. The number of ether oxygens (including phenoxy) is 1. The van der Waals surface area contributed by atoms with Crippen LogP contribution in [-0.4, -0.2) is 38.5 Å². The largest absolute Gasteiger partial charge is 0.496 e. The molecule has 2 N–H and O–H groups in total. The molecular formula is C14H17N3O5S.